The van der Waals surface area contributed by atoms with E-state index in [1.165, 1.54) is 7.05 Å². The number of hydrogen-bond acceptors (Lipinski definition) is 4. The Morgan fingerprint density at radius 1 is 1.35 bits per heavy atom. The van der Waals surface area contributed by atoms with Gasteiger partial charge >= 0.3 is 12.0 Å². The van der Waals surface area contributed by atoms with Crippen molar-refractivity contribution >= 4 is 23.8 Å². The van der Waals surface area contributed by atoms with Gasteiger partial charge in [0, 0.05) is 13.1 Å². The first-order valence-corrected chi connectivity index (χ1v) is 6.11. The topological polar surface area (TPSA) is 142 Å². The average molecular weight is 286 g/mol. The molecule has 112 valence electrons. The number of urea groups is 1. The first-order valence-electron chi connectivity index (χ1n) is 6.11. The van der Waals surface area contributed by atoms with E-state index in [0.29, 0.717) is 0 Å². The van der Waals surface area contributed by atoms with E-state index in [2.05, 4.69) is 10.6 Å². The predicted molar refractivity (Wildman–Crippen MR) is 67.6 cm³/mol. The maximum atomic E-state index is 11.7. The summed E-state index contributed by atoms with van der Waals surface area (Å²) in [7, 11) is 1.35. The third kappa shape index (κ3) is 5.55. The van der Waals surface area contributed by atoms with Crippen molar-refractivity contribution < 1.29 is 24.3 Å². The van der Waals surface area contributed by atoms with Crippen molar-refractivity contribution in [3.63, 3.8) is 0 Å². The molecule has 1 aliphatic carbocycles. The number of carboxylic acid groups (broad SMARTS) is 1. The van der Waals surface area contributed by atoms with Gasteiger partial charge in [0.25, 0.3) is 0 Å². The molecule has 1 saturated carbocycles. The summed E-state index contributed by atoms with van der Waals surface area (Å²) in [6.45, 7) is -0.189. The summed E-state index contributed by atoms with van der Waals surface area (Å²) in [6, 6.07) is -1.99. The fourth-order valence-corrected chi connectivity index (χ4v) is 1.45. The van der Waals surface area contributed by atoms with Gasteiger partial charge in [-0.15, -0.1) is 0 Å². The molecule has 0 saturated heterocycles. The molecule has 9 nitrogen and oxygen atoms in total. The standard InChI is InChI=1S/C11H18N4O5/c1-15(5-9(17)13-6-2-3-6)11(20)14-7(10(18)19)4-8(12)16/h6-7H,2-5H2,1H3,(H2,12,16)(H,13,17)(H,14,20)(H,18,19)/t7-/m1/s1. The Morgan fingerprint density at radius 2 is 1.95 bits per heavy atom. The number of nitrogens with one attached hydrogen (secondary N) is 2. The molecule has 0 aromatic rings. The maximum Gasteiger partial charge on any atom is 0.326 e. The molecule has 1 atom stereocenters. The normalized spacial score (nSPS) is 15.1. The van der Waals surface area contributed by atoms with Gasteiger partial charge in [-0.2, -0.15) is 0 Å². The van der Waals surface area contributed by atoms with Crippen LogP contribution in [0.25, 0.3) is 0 Å². The molecule has 20 heavy (non-hydrogen) atoms. The summed E-state index contributed by atoms with van der Waals surface area (Å²) in [5.41, 5.74) is 4.89. The van der Waals surface area contributed by atoms with Crippen molar-refractivity contribution in [3.05, 3.63) is 0 Å². The fraction of sp³-hybridized carbons (Fsp3) is 0.636. The van der Waals surface area contributed by atoms with Gasteiger partial charge in [-0.1, -0.05) is 0 Å². The molecule has 0 aromatic carbocycles. The first kappa shape index (κ1) is 15.7. The number of carbonyl (C=O) groups excluding carboxylic acids is 3. The van der Waals surface area contributed by atoms with Crippen LogP contribution in [0, 0.1) is 0 Å². The van der Waals surface area contributed by atoms with Gasteiger partial charge in [-0.25, -0.2) is 9.59 Å². The van der Waals surface area contributed by atoms with Crippen molar-refractivity contribution in [2.24, 2.45) is 5.73 Å². The summed E-state index contributed by atoms with van der Waals surface area (Å²) in [5, 5.41) is 13.7. The van der Waals surface area contributed by atoms with Gasteiger partial charge in [0.2, 0.25) is 11.8 Å². The van der Waals surface area contributed by atoms with Crippen LogP contribution in [0.4, 0.5) is 4.79 Å². The lowest BCUT2D eigenvalue weighted by Crippen LogP contribution is -2.50. The molecule has 4 amide bonds. The molecule has 1 rings (SSSR count). The highest BCUT2D eigenvalue weighted by Crippen LogP contribution is 2.18. The summed E-state index contributed by atoms with van der Waals surface area (Å²) in [4.78, 5) is 45.8. The average Bonchev–Trinajstić information content (AvgIpc) is 3.10. The number of carbonyl (C=O) groups is 4. The molecule has 1 aliphatic rings. The van der Waals surface area contributed by atoms with Crippen LogP contribution in [0.15, 0.2) is 0 Å². The molecule has 0 aromatic heterocycles. The van der Waals surface area contributed by atoms with E-state index < -0.39 is 30.4 Å². The number of carboxylic acids is 1. The Labute approximate surface area is 115 Å². The molecule has 0 aliphatic heterocycles. The zero-order valence-corrected chi connectivity index (χ0v) is 11.1. The van der Waals surface area contributed by atoms with Crippen LogP contribution in [-0.4, -0.2) is 59.5 Å². The SMILES string of the molecule is CN(CC(=O)NC1CC1)C(=O)N[C@H](CC(N)=O)C(=O)O. The largest absolute Gasteiger partial charge is 0.480 e. The van der Waals surface area contributed by atoms with Crippen molar-refractivity contribution in [3.8, 4) is 0 Å². The van der Waals surface area contributed by atoms with E-state index >= 15 is 0 Å². The van der Waals surface area contributed by atoms with Crippen molar-refractivity contribution in [1.29, 1.82) is 0 Å². The molecule has 0 heterocycles. The van der Waals surface area contributed by atoms with Crippen LogP contribution >= 0.6 is 0 Å². The number of aliphatic carboxylic acids is 1. The monoisotopic (exact) mass is 286 g/mol. The van der Waals surface area contributed by atoms with Gasteiger partial charge in [0.05, 0.1) is 6.42 Å². The van der Waals surface area contributed by atoms with Crippen LogP contribution in [0.1, 0.15) is 19.3 Å². The second-order valence-corrected chi connectivity index (χ2v) is 4.71. The molecule has 0 radical (unpaired) electrons. The minimum atomic E-state index is -1.41. The summed E-state index contributed by atoms with van der Waals surface area (Å²) in [6.07, 6.45) is 1.35. The van der Waals surface area contributed by atoms with Crippen LogP contribution in [0.2, 0.25) is 0 Å². The number of rotatable bonds is 7. The van der Waals surface area contributed by atoms with Crippen LogP contribution < -0.4 is 16.4 Å². The van der Waals surface area contributed by atoms with Crippen molar-refractivity contribution in [2.45, 2.75) is 31.3 Å². The van der Waals surface area contributed by atoms with Crippen LogP contribution in [0.3, 0.4) is 0 Å². The third-order valence-electron chi connectivity index (χ3n) is 2.67. The quantitative estimate of drug-likeness (QED) is 0.438. The zero-order chi connectivity index (χ0) is 15.3. The zero-order valence-electron chi connectivity index (χ0n) is 11.1. The van der Waals surface area contributed by atoms with E-state index in [-0.39, 0.29) is 18.5 Å². The number of primary amides is 1. The maximum absolute atomic E-state index is 11.7. The molecule has 9 heteroatoms. The molecule has 5 N–H and O–H groups in total. The number of amides is 4. The van der Waals surface area contributed by atoms with E-state index in [4.69, 9.17) is 10.8 Å². The Kier molecular flexibility index (Phi) is 5.30. The lowest BCUT2D eigenvalue weighted by atomic mass is 10.2. The molecule has 1 fully saturated rings. The van der Waals surface area contributed by atoms with E-state index in [9.17, 15) is 19.2 Å². The Hall–Kier alpha value is -2.32. The Bertz CT molecular complexity index is 421. The Balaban J connectivity index is 2.43. The highest BCUT2D eigenvalue weighted by molar-refractivity contribution is 5.89. The summed E-state index contributed by atoms with van der Waals surface area (Å²) < 4.78 is 0. The van der Waals surface area contributed by atoms with Gasteiger partial charge in [-0.3, -0.25) is 9.59 Å². The second-order valence-electron chi connectivity index (χ2n) is 4.71. The van der Waals surface area contributed by atoms with E-state index in [1.807, 2.05) is 0 Å². The highest BCUT2D eigenvalue weighted by atomic mass is 16.4. The molecular formula is C11H18N4O5. The minimum Gasteiger partial charge on any atom is -0.480 e. The number of nitrogens with zero attached hydrogens (tertiary/aromatic N) is 1. The summed E-state index contributed by atoms with van der Waals surface area (Å²) in [5.74, 6) is -2.52. The first-order chi connectivity index (χ1) is 9.29. The Morgan fingerprint density at radius 3 is 2.40 bits per heavy atom. The van der Waals surface area contributed by atoms with Gasteiger partial charge < -0.3 is 26.4 Å². The fourth-order valence-electron chi connectivity index (χ4n) is 1.45. The van der Waals surface area contributed by atoms with Gasteiger partial charge in [-0.05, 0) is 12.8 Å². The van der Waals surface area contributed by atoms with Crippen LogP contribution in [-0.2, 0) is 14.4 Å². The second kappa shape index (κ2) is 6.73. The summed E-state index contributed by atoms with van der Waals surface area (Å²) >= 11 is 0. The molecule has 0 bridgehead atoms. The lowest BCUT2D eigenvalue weighted by molar-refractivity contribution is -0.140. The number of nitrogens with two attached hydrogens (primary N) is 1. The highest BCUT2D eigenvalue weighted by Gasteiger charge is 2.26. The van der Waals surface area contributed by atoms with E-state index in [0.717, 1.165) is 17.7 Å². The number of likely N-dealkylation sites (N-methyl/N-ethyl adjacent to an activating group) is 1. The van der Waals surface area contributed by atoms with E-state index in [1.54, 1.807) is 0 Å². The van der Waals surface area contributed by atoms with Crippen molar-refractivity contribution in [2.75, 3.05) is 13.6 Å². The van der Waals surface area contributed by atoms with Gasteiger partial charge in [0.15, 0.2) is 0 Å². The molecule has 0 spiro atoms. The van der Waals surface area contributed by atoms with Gasteiger partial charge in [0.1, 0.15) is 12.6 Å². The van der Waals surface area contributed by atoms with Crippen LogP contribution in [0.5, 0.6) is 0 Å². The molecular weight excluding hydrogens is 268 g/mol. The minimum absolute atomic E-state index is 0.181. The molecule has 0 unspecified atom stereocenters. The third-order valence-corrected chi connectivity index (χ3v) is 2.67. The number of hydrogen-bond donors (Lipinski definition) is 4. The smallest absolute Gasteiger partial charge is 0.326 e. The lowest BCUT2D eigenvalue weighted by Gasteiger charge is -2.20. The van der Waals surface area contributed by atoms with Crippen molar-refractivity contribution in [1.82, 2.24) is 15.5 Å². The predicted octanol–water partition coefficient (Wildman–Crippen LogP) is -1.76.